The van der Waals surface area contributed by atoms with Gasteiger partial charge < -0.3 is 9.47 Å². The minimum atomic E-state index is 0.778. The van der Waals surface area contributed by atoms with E-state index in [1.165, 1.54) is 6.42 Å². The van der Waals surface area contributed by atoms with Crippen LogP contribution in [0, 0.1) is 0 Å². The summed E-state index contributed by atoms with van der Waals surface area (Å²) in [6.45, 7) is 7.36. The van der Waals surface area contributed by atoms with E-state index < -0.39 is 0 Å². The summed E-state index contributed by atoms with van der Waals surface area (Å²) in [4.78, 5) is 0. The summed E-state index contributed by atoms with van der Waals surface area (Å²) in [6, 6.07) is 0. The van der Waals surface area contributed by atoms with Crippen molar-refractivity contribution in [3.05, 3.63) is 0 Å². The van der Waals surface area contributed by atoms with Crippen molar-refractivity contribution in [1.82, 2.24) is 0 Å². The van der Waals surface area contributed by atoms with Gasteiger partial charge in [0.2, 0.25) is 0 Å². The molecule has 0 aliphatic carbocycles. The highest BCUT2D eigenvalue weighted by molar-refractivity contribution is 4.37. The SMILES string of the molecule is C1COCCO1.CCC. The molecule has 0 radical (unpaired) electrons. The quantitative estimate of drug-likeness (QED) is 0.496. The van der Waals surface area contributed by atoms with E-state index in [1.54, 1.807) is 0 Å². The molecule has 0 atom stereocenters. The maximum atomic E-state index is 4.94. The Hall–Kier alpha value is -0.0800. The molecule has 0 aromatic heterocycles. The Bertz CT molecular complexity index is 30.7. The van der Waals surface area contributed by atoms with Crippen LogP contribution in [0.15, 0.2) is 0 Å². The zero-order valence-electron chi connectivity index (χ0n) is 6.35. The third kappa shape index (κ3) is 7.92. The highest BCUT2D eigenvalue weighted by atomic mass is 16.6. The van der Waals surface area contributed by atoms with Crippen molar-refractivity contribution in [2.45, 2.75) is 20.3 Å². The molecule has 0 unspecified atom stereocenters. The maximum absolute atomic E-state index is 4.94. The first-order valence-electron chi connectivity index (χ1n) is 3.57. The van der Waals surface area contributed by atoms with Crippen molar-refractivity contribution < 1.29 is 9.47 Å². The van der Waals surface area contributed by atoms with Gasteiger partial charge in [0.25, 0.3) is 0 Å². The van der Waals surface area contributed by atoms with E-state index in [9.17, 15) is 0 Å². The third-order valence-electron chi connectivity index (χ3n) is 0.744. The predicted octanol–water partition coefficient (Wildman–Crippen LogP) is 1.45. The Labute approximate surface area is 57.2 Å². The highest BCUT2D eigenvalue weighted by Gasteiger charge is 1.94. The van der Waals surface area contributed by atoms with E-state index in [4.69, 9.17) is 9.47 Å². The largest absolute Gasteiger partial charge is 0.377 e. The summed E-state index contributed by atoms with van der Waals surface area (Å²) in [5, 5.41) is 0. The van der Waals surface area contributed by atoms with Gasteiger partial charge in [-0.1, -0.05) is 20.3 Å². The second-order valence-corrected chi connectivity index (χ2v) is 1.93. The first-order valence-corrected chi connectivity index (χ1v) is 3.57. The van der Waals surface area contributed by atoms with Crippen molar-refractivity contribution in [2.75, 3.05) is 26.4 Å². The summed E-state index contributed by atoms with van der Waals surface area (Å²) in [6.07, 6.45) is 1.25. The van der Waals surface area contributed by atoms with Crippen LogP contribution in [0.5, 0.6) is 0 Å². The van der Waals surface area contributed by atoms with Gasteiger partial charge in [0, 0.05) is 0 Å². The van der Waals surface area contributed by atoms with E-state index in [0.29, 0.717) is 0 Å². The van der Waals surface area contributed by atoms with Crippen LogP contribution in [0.1, 0.15) is 20.3 Å². The smallest absolute Gasteiger partial charge is 0.0701 e. The molecule has 1 aliphatic heterocycles. The van der Waals surface area contributed by atoms with Gasteiger partial charge in [-0.15, -0.1) is 0 Å². The molecule has 0 bridgehead atoms. The Kier molecular flexibility index (Phi) is 7.85. The molecule has 0 aromatic rings. The number of rotatable bonds is 0. The summed E-state index contributed by atoms with van der Waals surface area (Å²) >= 11 is 0. The topological polar surface area (TPSA) is 18.5 Å². The molecular weight excluding hydrogens is 116 g/mol. The molecule has 2 nitrogen and oxygen atoms in total. The lowest BCUT2D eigenvalue weighted by atomic mass is 10.6. The number of ether oxygens (including phenoxy) is 2. The van der Waals surface area contributed by atoms with E-state index in [2.05, 4.69) is 13.8 Å². The minimum Gasteiger partial charge on any atom is -0.377 e. The standard InChI is InChI=1S/C4H8O2.C3H8/c1-2-6-4-3-5-1;1-3-2/h1-4H2;3H2,1-2H3. The Morgan fingerprint density at radius 3 is 1.22 bits per heavy atom. The maximum Gasteiger partial charge on any atom is 0.0701 e. The fraction of sp³-hybridized carbons (Fsp3) is 1.00. The molecule has 0 spiro atoms. The fourth-order valence-corrected chi connectivity index (χ4v) is 0.440. The van der Waals surface area contributed by atoms with E-state index in [1.807, 2.05) is 0 Å². The Balaban J connectivity index is 0.000000187. The van der Waals surface area contributed by atoms with Crippen LogP contribution in [-0.2, 0) is 9.47 Å². The lowest BCUT2D eigenvalue weighted by Gasteiger charge is -2.09. The monoisotopic (exact) mass is 132 g/mol. The fourth-order valence-electron chi connectivity index (χ4n) is 0.440. The van der Waals surface area contributed by atoms with Crippen molar-refractivity contribution in [3.8, 4) is 0 Å². The summed E-state index contributed by atoms with van der Waals surface area (Å²) in [5.41, 5.74) is 0. The van der Waals surface area contributed by atoms with E-state index in [-0.39, 0.29) is 0 Å². The molecular formula is C7H16O2. The zero-order chi connectivity index (χ0) is 6.95. The number of hydrogen-bond donors (Lipinski definition) is 0. The molecule has 0 aromatic carbocycles. The van der Waals surface area contributed by atoms with Gasteiger partial charge in [-0.2, -0.15) is 0 Å². The molecule has 56 valence electrons. The summed E-state index contributed by atoms with van der Waals surface area (Å²) in [7, 11) is 0. The van der Waals surface area contributed by atoms with Crippen molar-refractivity contribution >= 4 is 0 Å². The lowest BCUT2D eigenvalue weighted by Crippen LogP contribution is -2.16. The van der Waals surface area contributed by atoms with Crippen LogP contribution < -0.4 is 0 Å². The highest BCUT2D eigenvalue weighted by Crippen LogP contribution is 1.85. The predicted molar refractivity (Wildman–Crippen MR) is 37.6 cm³/mol. The first kappa shape index (κ1) is 8.92. The molecule has 2 heteroatoms. The Morgan fingerprint density at radius 2 is 1.11 bits per heavy atom. The van der Waals surface area contributed by atoms with Crippen LogP contribution in [0.2, 0.25) is 0 Å². The minimum absolute atomic E-state index is 0.778. The second-order valence-electron chi connectivity index (χ2n) is 1.93. The number of hydrogen-bond acceptors (Lipinski definition) is 2. The molecule has 1 rings (SSSR count). The molecule has 1 heterocycles. The van der Waals surface area contributed by atoms with Crippen molar-refractivity contribution in [2.24, 2.45) is 0 Å². The molecule has 0 amide bonds. The van der Waals surface area contributed by atoms with Crippen LogP contribution in [0.4, 0.5) is 0 Å². The van der Waals surface area contributed by atoms with Crippen molar-refractivity contribution in [3.63, 3.8) is 0 Å². The molecule has 1 saturated heterocycles. The molecule has 9 heavy (non-hydrogen) atoms. The van der Waals surface area contributed by atoms with Gasteiger partial charge in [-0.25, -0.2) is 0 Å². The van der Waals surface area contributed by atoms with Crippen LogP contribution >= 0.6 is 0 Å². The average Bonchev–Trinajstić information content (AvgIpc) is 1.93. The second kappa shape index (κ2) is 7.92. The van der Waals surface area contributed by atoms with Crippen LogP contribution in [0.3, 0.4) is 0 Å². The lowest BCUT2D eigenvalue weighted by molar-refractivity contribution is -0.0334. The van der Waals surface area contributed by atoms with Gasteiger partial charge >= 0.3 is 0 Å². The van der Waals surface area contributed by atoms with Crippen LogP contribution in [-0.4, -0.2) is 26.4 Å². The molecule has 1 aliphatic rings. The van der Waals surface area contributed by atoms with Gasteiger partial charge in [0.15, 0.2) is 0 Å². The molecule has 1 fully saturated rings. The average molecular weight is 132 g/mol. The van der Waals surface area contributed by atoms with Crippen LogP contribution in [0.25, 0.3) is 0 Å². The zero-order valence-corrected chi connectivity index (χ0v) is 6.35. The summed E-state index contributed by atoms with van der Waals surface area (Å²) < 4.78 is 9.89. The Morgan fingerprint density at radius 1 is 0.889 bits per heavy atom. The molecule has 0 N–H and O–H groups in total. The van der Waals surface area contributed by atoms with Gasteiger partial charge in [0.1, 0.15) is 0 Å². The molecule has 0 saturated carbocycles. The van der Waals surface area contributed by atoms with E-state index >= 15 is 0 Å². The van der Waals surface area contributed by atoms with Gasteiger partial charge in [0.05, 0.1) is 26.4 Å². The van der Waals surface area contributed by atoms with E-state index in [0.717, 1.165) is 26.4 Å². The normalized spacial score (nSPS) is 18.0. The third-order valence-corrected chi connectivity index (χ3v) is 0.744. The first-order chi connectivity index (χ1) is 4.41. The van der Waals surface area contributed by atoms with Gasteiger partial charge in [-0.05, 0) is 0 Å². The summed E-state index contributed by atoms with van der Waals surface area (Å²) in [5.74, 6) is 0. The van der Waals surface area contributed by atoms with Crippen molar-refractivity contribution in [1.29, 1.82) is 0 Å². The van der Waals surface area contributed by atoms with Gasteiger partial charge in [-0.3, -0.25) is 0 Å².